The largest absolute Gasteiger partial charge is 0.326 e. The molecule has 0 spiro atoms. The maximum atomic E-state index is 9.01. The molecule has 0 bridgehead atoms. The SMILES string of the molecule is N#CCN1c2ccccc2Sc2ccc(Cl)cc21. The topological polar surface area (TPSA) is 27.0 Å². The van der Waals surface area contributed by atoms with Crippen molar-refractivity contribution in [3.63, 3.8) is 0 Å². The van der Waals surface area contributed by atoms with Gasteiger partial charge in [0.1, 0.15) is 6.54 Å². The van der Waals surface area contributed by atoms with Gasteiger partial charge in [-0.1, -0.05) is 35.5 Å². The molecule has 2 aromatic rings. The van der Waals surface area contributed by atoms with E-state index in [1.54, 1.807) is 11.8 Å². The van der Waals surface area contributed by atoms with Crippen molar-refractivity contribution >= 4 is 34.7 Å². The van der Waals surface area contributed by atoms with Crippen molar-refractivity contribution in [2.75, 3.05) is 11.4 Å². The Kier molecular flexibility index (Phi) is 2.91. The highest BCUT2D eigenvalue weighted by Gasteiger charge is 2.22. The van der Waals surface area contributed by atoms with E-state index >= 15 is 0 Å². The summed E-state index contributed by atoms with van der Waals surface area (Å²) >= 11 is 7.76. The van der Waals surface area contributed by atoms with Gasteiger partial charge < -0.3 is 4.90 Å². The average Bonchev–Trinajstić information content (AvgIpc) is 2.39. The molecule has 18 heavy (non-hydrogen) atoms. The van der Waals surface area contributed by atoms with E-state index in [9.17, 15) is 0 Å². The third-order valence-corrected chi connectivity index (χ3v) is 4.18. The van der Waals surface area contributed by atoms with Gasteiger partial charge in [-0.05, 0) is 30.3 Å². The number of hydrogen-bond acceptors (Lipinski definition) is 3. The Morgan fingerprint density at radius 2 is 1.89 bits per heavy atom. The summed E-state index contributed by atoms with van der Waals surface area (Å²) < 4.78 is 0. The second-order valence-corrected chi connectivity index (χ2v) is 5.45. The number of halogens is 1. The van der Waals surface area contributed by atoms with Crippen molar-refractivity contribution in [2.45, 2.75) is 9.79 Å². The number of para-hydroxylation sites is 1. The third kappa shape index (κ3) is 1.84. The molecule has 1 aliphatic heterocycles. The Morgan fingerprint density at radius 3 is 2.72 bits per heavy atom. The molecule has 0 saturated carbocycles. The minimum atomic E-state index is 0.324. The minimum absolute atomic E-state index is 0.324. The van der Waals surface area contributed by atoms with Gasteiger partial charge in [-0.25, -0.2) is 0 Å². The summed E-state index contributed by atoms with van der Waals surface area (Å²) in [6, 6.07) is 16.1. The standard InChI is InChI=1S/C14H9ClN2S/c15-10-5-6-14-12(9-10)17(8-7-16)11-3-1-2-4-13(11)18-14/h1-6,9H,8H2. The maximum absolute atomic E-state index is 9.01. The smallest absolute Gasteiger partial charge is 0.110 e. The van der Waals surface area contributed by atoms with Gasteiger partial charge in [0.15, 0.2) is 0 Å². The van der Waals surface area contributed by atoms with Crippen LogP contribution in [0, 0.1) is 11.3 Å². The van der Waals surface area contributed by atoms with E-state index < -0.39 is 0 Å². The average molecular weight is 273 g/mol. The molecule has 1 heterocycles. The van der Waals surface area contributed by atoms with Crippen LogP contribution in [0.25, 0.3) is 0 Å². The number of rotatable bonds is 1. The molecule has 88 valence electrons. The Labute approximate surface area is 115 Å². The lowest BCUT2D eigenvalue weighted by atomic mass is 10.2. The highest BCUT2D eigenvalue weighted by Crippen LogP contribution is 2.48. The van der Waals surface area contributed by atoms with Crippen LogP contribution in [-0.2, 0) is 0 Å². The Bertz CT molecular complexity index is 648. The van der Waals surface area contributed by atoms with Crippen LogP contribution in [0.2, 0.25) is 5.02 Å². The molecule has 4 heteroatoms. The van der Waals surface area contributed by atoms with E-state index in [2.05, 4.69) is 12.1 Å². The predicted octanol–water partition coefficient (Wildman–Crippen LogP) is 4.47. The summed E-state index contributed by atoms with van der Waals surface area (Å²) in [7, 11) is 0. The lowest BCUT2D eigenvalue weighted by Gasteiger charge is -2.30. The van der Waals surface area contributed by atoms with Crippen LogP contribution in [0.1, 0.15) is 0 Å². The lowest BCUT2D eigenvalue weighted by molar-refractivity contribution is 1.04. The van der Waals surface area contributed by atoms with Gasteiger partial charge in [-0.3, -0.25) is 0 Å². The molecular formula is C14H9ClN2S. The molecule has 2 nitrogen and oxygen atoms in total. The monoisotopic (exact) mass is 272 g/mol. The predicted molar refractivity (Wildman–Crippen MR) is 74.6 cm³/mol. The van der Waals surface area contributed by atoms with Crippen molar-refractivity contribution in [3.8, 4) is 6.07 Å². The number of nitriles is 1. The summed E-state index contributed by atoms with van der Waals surface area (Å²) in [4.78, 5) is 4.31. The number of anilines is 2. The van der Waals surface area contributed by atoms with Gasteiger partial charge in [-0.2, -0.15) is 5.26 Å². The first-order valence-electron chi connectivity index (χ1n) is 5.50. The second-order valence-electron chi connectivity index (χ2n) is 3.93. The number of fused-ring (bicyclic) bond motifs is 2. The first-order valence-corrected chi connectivity index (χ1v) is 6.70. The van der Waals surface area contributed by atoms with E-state index in [-0.39, 0.29) is 0 Å². The first kappa shape index (κ1) is 11.5. The third-order valence-electron chi connectivity index (χ3n) is 2.82. The summed E-state index contributed by atoms with van der Waals surface area (Å²) in [6.07, 6.45) is 0. The molecule has 0 unspecified atom stereocenters. The zero-order chi connectivity index (χ0) is 12.5. The van der Waals surface area contributed by atoms with E-state index in [4.69, 9.17) is 16.9 Å². The minimum Gasteiger partial charge on any atom is -0.326 e. The Balaban J connectivity index is 2.18. The quantitative estimate of drug-likeness (QED) is 0.717. The lowest BCUT2D eigenvalue weighted by Crippen LogP contribution is -2.20. The molecule has 0 atom stereocenters. The zero-order valence-electron chi connectivity index (χ0n) is 9.43. The van der Waals surface area contributed by atoms with E-state index in [0.717, 1.165) is 16.3 Å². The van der Waals surface area contributed by atoms with Crippen LogP contribution in [0.3, 0.4) is 0 Å². The van der Waals surface area contributed by atoms with Crippen LogP contribution in [0.15, 0.2) is 52.3 Å². The summed E-state index contributed by atoms with van der Waals surface area (Å²) in [6.45, 7) is 0.324. The van der Waals surface area contributed by atoms with E-state index in [1.165, 1.54) is 4.90 Å². The molecule has 2 aromatic carbocycles. The van der Waals surface area contributed by atoms with E-state index in [1.807, 2.05) is 41.3 Å². The van der Waals surface area contributed by atoms with Crippen LogP contribution < -0.4 is 4.90 Å². The van der Waals surface area contributed by atoms with Crippen LogP contribution in [-0.4, -0.2) is 6.54 Å². The highest BCUT2D eigenvalue weighted by molar-refractivity contribution is 7.99. The van der Waals surface area contributed by atoms with Crippen LogP contribution in [0.4, 0.5) is 11.4 Å². The normalized spacial score (nSPS) is 12.6. The van der Waals surface area contributed by atoms with Gasteiger partial charge in [0, 0.05) is 14.8 Å². The van der Waals surface area contributed by atoms with Crippen LogP contribution in [0.5, 0.6) is 0 Å². The number of nitrogens with zero attached hydrogens (tertiary/aromatic N) is 2. The molecule has 0 fully saturated rings. The second kappa shape index (κ2) is 4.56. The molecule has 0 N–H and O–H groups in total. The summed E-state index contributed by atoms with van der Waals surface area (Å²) in [5.74, 6) is 0. The van der Waals surface area contributed by atoms with Crippen molar-refractivity contribution in [1.82, 2.24) is 0 Å². The molecular weight excluding hydrogens is 264 g/mol. The number of benzene rings is 2. The van der Waals surface area contributed by atoms with Crippen molar-refractivity contribution in [2.24, 2.45) is 0 Å². The fourth-order valence-corrected chi connectivity index (χ4v) is 3.29. The first-order chi connectivity index (χ1) is 8.79. The van der Waals surface area contributed by atoms with E-state index in [0.29, 0.717) is 11.6 Å². The molecule has 3 rings (SSSR count). The zero-order valence-corrected chi connectivity index (χ0v) is 11.0. The van der Waals surface area contributed by atoms with Crippen molar-refractivity contribution in [3.05, 3.63) is 47.5 Å². The fraction of sp³-hybridized carbons (Fsp3) is 0.0714. The number of hydrogen-bond donors (Lipinski definition) is 0. The van der Waals surface area contributed by atoms with Gasteiger partial charge in [0.05, 0.1) is 17.4 Å². The van der Waals surface area contributed by atoms with Gasteiger partial charge >= 0.3 is 0 Å². The van der Waals surface area contributed by atoms with Crippen LogP contribution >= 0.6 is 23.4 Å². The molecule has 0 aromatic heterocycles. The summed E-state index contributed by atoms with van der Waals surface area (Å²) in [5.41, 5.74) is 2.08. The molecule has 0 radical (unpaired) electrons. The van der Waals surface area contributed by atoms with Gasteiger partial charge in [0.25, 0.3) is 0 Å². The molecule has 0 amide bonds. The molecule has 0 saturated heterocycles. The Morgan fingerprint density at radius 1 is 1.11 bits per heavy atom. The molecule has 1 aliphatic rings. The van der Waals surface area contributed by atoms with Crippen molar-refractivity contribution < 1.29 is 0 Å². The maximum Gasteiger partial charge on any atom is 0.110 e. The highest BCUT2D eigenvalue weighted by atomic mass is 35.5. The fourth-order valence-electron chi connectivity index (χ4n) is 2.04. The van der Waals surface area contributed by atoms with Gasteiger partial charge in [-0.15, -0.1) is 0 Å². The summed E-state index contributed by atoms with van der Waals surface area (Å²) in [5, 5.41) is 9.70. The molecule has 0 aliphatic carbocycles. The van der Waals surface area contributed by atoms with Crippen molar-refractivity contribution in [1.29, 1.82) is 5.26 Å². The van der Waals surface area contributed by atoms with Gasteiger partial charge in [0.2, 0.25) is 0 Å². The Hall–Kier alpha value is -1.63.